The highest BCUT2D eigenvalue weighted by Gasteiger charge is 2.68. The van der Waals surface area contributed by atoms with Gasteiger partial charge in [0, 0.05) is 12.3 Å². The fourth-order valence-corrected chi connectivity index (χ4v) is 3.67. The molecule has 5 nitrogen and oxygen atoms in total. The highest BCUT2D eigenvalue weighted by molar-refractivity contribution is 7.85. The van der Waals surface area contributed by atoms with Crippen LogP contribution in [0.2, 0.25) is 0 Å². The molecule has 0 aromatic rings. The molecule has 0 N–H and O–H groups in total. The minimum Gasteiger partial charge on any atom is -0.347 e. The topological polar surface area (TPSA) is 61.8 Å². The normalized spacial score (nSPS) is 40.2. The van der Waals surface area contributed by atoms with Gasteiger partial charge < -0.3 is 9.47 Å². The summed E-state index contributed by atoms with van der Waals surface area (Å²) in [6, 6.07) is 0. The lowest BCUT2D eigenvalue weighted by atomic mass is 10.1. The lowest BCUT2D eigenvalue weighted by molar-refractivity contribution is -0.171. The zero-order chi connectivity index (χ0) is 11.4. The first-order valence-electron chi connectivity index (χ1n) is 5.64. The molecule has 2 aliphatic carbocycles. The minimum atomic E-state index is -3.33. The summed E-state index contributed by atoms with van der Waals surface area (Å²) >= 11 is 0. The molecular weight excluding hydrogens is 232 g/mol. The average Bonchev–Trinajstić information content (AvgIpc) is 2.58. The Balaban J connectivity index is 1.62. The largest absolute Gasteiger partial charge is 0.347 e. The van der Waals surface area contributed by atoms with E-state index in [1.165, 1.54) is 0 Å². The van der Waals surface area contributed by atoms with Crippen LogP contribution in [0.25, 0.3) is 0 Å². The summed E-state index contributed by atoms with van der Waals surface area (Å²) < 4.78 is 38.1. The second-order valence-corrected chi connectivity index (χ2v) is 6.53. The lowest BCUT2D eigenvalue weighted by Gasteiger charge is -2.24. The van der Waals surface area contributed by atoms with Crippen LogP contribution in [0.4, 0.5) is 0 Å². The van der Waals surface area contributed by atoms with Crippen LogP contribution in [0.3, 0.4) is 0 Å². The molecule has 3 fully saturated rings. The first-order valence-corrected chi connectivity index (χ1v) is 7.46. The highest BCUT2D eigenvalue weighted by Crippen LogP contribution is 2.64. The van der Waals surface area contributed by atoms with E-state index < -0.39 is 15.9 Å². The molecule has 3 aliphatic rings. The molecule has 1 saturated heterocycles. The van der Waals surface area contributed by atoms with Crippen LogP contribution < -0.4 is 0 Å². The number of fused-ring (bicyclic) bond motifs is 2. The van der Waals surface area contributed by atoms with E-state index in [4.69, 9.17) is 13.7 Å². The molecule has 3 rings (SSSR count). The zero-order valence-electron chi connectivity index (χ0n) is 9.22. The smallest absolute Gasteiger partial charge is 0.264 e. The Morgan fingerprint density at radius 1 is 1.38 bits per heavy atom. The van der Waals surface area contributed by atoms with Gasteiger partial charge in [-0.3, -0.25) is 4.18 Å². The Hall–Kier alpha value is -0.170. The highest BCUT2D eigenvalue weighted by atomic mass is 32.2. The van der Waals surface area contributed by atoms with Crippen LogP contribution >= 0.6 is 0 Å². The summed E-state index contributed by atoms with van der Waals surface area (Å²) in [6.45, 7) is 1.59. The van der Waals surface area contributed by atoms with Crippen molar-refractivity contribution in [3.05, 3.63) is 0 Å². The fourth-order valence-electron chi connectivity index (χ4n) is 3.26. The molecule has 0 amide bonds. The van der Waals surface area contributed by atoms with Crippen molar-refractivity contribution < 1.29 is 22.1 Å². The average molecular weight is 248 g/mol. The maximum Gasteiger partial charge on any atom is 0.264 e. The van der Waals surface area contributed by atoms with Gasteiger partial charge in [-0.1, -0.05) is 0 Å². The number of rotatable bonds is 3. The molecule has 6 heteroatoms. The van der Waals surface area contributed by atoms with E-state index in [-0.39, 0.29) is 6.61 Å². The van der Waals surface area contributed by atoms with E-state index in [1.807, 2.05) is 0 Å². The second-order valence-electron chi connectivity index (χ2n) is 4.89. The quantitative estimate of drug-likeness (QED) is 0.675. The van der Waals surface area contributed by atoms with Crippen molar-refractivity contribution in [2.45, 2.75) is 18.6 Å². The second kappa shape index (κ2) is 3.41. The van der Waals surface area contributed by atoms with Crippen molar-refractivity contribution in [1.29, 1.82) is 0 Å². The fraction of sp³-hybridized carbons (Fsp3) is 1.00. The number of ether oxygens (including phenoxy) is 2. The molecule has 0 aromatic heterocycles. The van der Waals surface area contributed by atoms with Crippen molar-refractivity contribution in [1.82, 2.24) is 0 Å². The van der Waals surface area contributed by atoms with E-state index in [0.29, 0.717) is 31.0 Å². The van der Waals surface area contributed by atoms with Crippen LogP contribution in [0, 0.1) is 17.8 Å². The van der Waals surface area contributed by atoms with Crippen molar-refractivity contribution in [3.63, 3.8) is 0 Å². The summed E-state index contributed by atoms with van der Waals surface area (Å²) in [5.41, 5.74) is 0. The third-order valence-electron chi connectivity index (χ3n) is 3.92. The summed E-state index contributed by atoms with van der Waals surface area (Å²) in [5.74, 6) is 0.758. The number of hydrogen-bond acceptors (Lipinski definition) is 5. The molecule has 0 unspecified atom stereocenters. The molecule has 2 saturated carbocycles. The van der Waals surface area contributed by atoms with Gasteiger partial charge in [-0.05, 0) is 18.3 Å². The Morgan fingerprint density at radius 3 is 2.69 bits per heavy atom. The van der Waals surface area contributed by atoms with Crippen LogP contribution in [0.1, 0.15) is 12.8 Å². The molecule has 16 heavy (non-hydrogen) atoms. The van der Waals surface area contributed by atoms with Gasteiger partial charge in [-0.25, -0.2) is 0 Å². The lowest BCUT2D eigenvalue weighted by Crippen LogP contribution is -2.32. The first kappa shape index (κ1) is 11.0. The number of hydrogen-bond donors (Lipinski definition) is 0. The van der Waals surface area contributed by atoms with Gasteiger partial charge in [0.05, 0.1) is 26.1 Å². The molecule has 0 radical (unpaired) electrons. The molecule has 1 spiro atoms. The van der Waals surface area contributed by atoms with Gasteiger partial charge in [-0.2, -0.15) is 8.42 Å². The van der Waals surface area contributed by atoms with Gasteiger partial charge in [0.25, 0.3) is 10.1 Å². The first-order chi connectivity index (χ1) is 7.52. The van der Waals surface area contributed by atoms with Gasteiger partial charge >= 0.3 is 0 Å². The molecule has 1 aliphatic heterocycles. The molecule has 92 valence electrons. The molecule has 3 atom stereocenters. The van der Waals surface area contributed by atoms with E-state index in [2.05, 4.69) is 0 Å². The van der Waals surface area contributed by atoms with Crippen molar-refractivity contribution in [2.75, 3.05) is 26.1 Å². The van der Waals surface area contributed by atoms with Crippen molar-refractivity contribution in [3.8, 4) is 0 Å². The van der Waals surface area contributed by atoms with Crippen molar-refractivity contribution in [2.24, 2.45) is 17.8 Å². The Morgan fingerprint density at radius 2 is 2.06 bits per heavy atom. The van der Waals surface area contributed by atoms with E-state index >= 15 is 0 Å². The van der Waals surface area contributed by atoms with Gasteiger partial charge in [0.2, 0.25) is 0 Å². The Bertz CT molecular complexity index is 379. The van der Waals surface area contributed by atoms with Crippen molar-refractivity contribution >= 4 is 10.1 Å². The molecule has 0 bridgehead atoms. The van der Waals surface area contributed by atoms with Crippen LogP contribution in [0.5, 0.6) is 0 Å². The maximum atomic E-state index is 10.9. The summed E-state index contributed by atoms with van der Waals surface area (Å²) in [7, 11) is -3.33. The van der Waals surface area contributed by atoms with Gasteiger partial charge in [0.15, 0.2) is 5.79 Å². The Kier molecular flexibility index (Phi) is 2.34. The van der Waals surface area contributed by atoms with Crippen LogP contribution in [0.15, 0.2) is 0 Å². The predicted octanol–water partition coefficient (Wildman–Crippen LogP) is 0.362. The third-order valence-corrected chi connectivity index (χ3v) is 4.48. The van der Waals surface area contributed by atoms with Gasteiger partial charge in [-0.15, -0.1) is 0 Å². The summed E-state index contributed by atoms with van der Waals surface area (Å²) in [6.07, 6.45) is 3.09. The maximum absolute atomic E-state index is 10.9. The molecule has 0 aromatic carbocycles. The molecular formula is C10H16O5S. The predicted molar refractivity (Wildman–Crippen MR) is 55.1 cm³/mol. The summed E-state index contributed by atoms with van der Waals surface area (Å²) in [4.78, 5) is 0. The van der Waals surface area contributed by atoms with Gasteiger partial charge in [0.1, 0.15) is 0 Å². The SMILES string of the molecule is CS(=O)(=O)OC[C@H]1[C@H]2CCC3(OCCO3)[C@@H]21. The monoisotopic (exact) mass is 248 g/mol. The zero-order valence-corrected chi connectivity index (χ0v) is 10.0. The summed E-state index contributed by atoms with van der Waals surface area (Å²) in [5, 5.41) is 0. The Labute approximate surface area is 95.2 Å². The molecule has 1 heterocycles. The van der Waals surface area contributed by atoms with E-state index in [9.17, 15) is 8.42 Å². The third kappa shape index (κ3) is 1.68. The van der Waals surface area contributed by atoms with Crippen LogP contribution in [-0.2, 0) is 23.8 Å². The van der Waals surface area contributed by atoms with Crippen LogP contribution in [-0.4, -0.2) is 40.3 Å². The standard InChI is InChI=1S/C10H16O5S/c1-16(11,12)15-6-8-7-2-3-10(9(7)8)13-4-5-14-10/h7-9H,2-6H2,1H3/t7-,8+,9+/m1/s1. The minimum absolute atomic E-state index is 0.280. The van der Waals surface area contributed by atoms with E-state index in [1.54, 1.807) is 0 Å². The van der Waals surface area contributed by atoms with E-state index in [0.717, 1.165) is 19.1 Å².